The molecule has 2 unspecified atom stereocenters. The first-order chi connectivity index (χ1) is 14.2. The molecule has 2 atom stereocenters. The van der Waals surface area contributed by atoms with Gasteiger partial charge in [0.2, 0.25) is 0 Å². The maximum absolute atomic E-state index is 6.01. The van der Waals surface area contributed by atoms with Gasteiger partial charge in [-0.25, -0.2) is 0 Å². The van der Waals surface area contributed by atoms with Crippen LogP contribution in [0.4, 0.5) is 0 Å². The molecule has 2 rings (SSSR count). The van der Waals surface area contributed by atoms with Crippen LogP contribution in [0.15, 0.2) is 47.5 Å². The first-order valence-electron chi connectivity index (χ1n) is 10.9. The number of ether oxygens (including phenoxy) is 2. The second kappa shape index (κ2) is 11.1. The summed E-state index contributed by atoms with van der Waals surface area (Å²) in [7, 11) is 2.29. The molecule has 0 spiro atoms. The van der Waals surface area contributed by atoms with Gasteiger partial charge in [0.1, 0.15) is 5.75 Å². The molecule has 2 aromatic carbocycles. The number of hydrogen-bond acceptors (Lipinski definition) is 3. The molecule has 0 fully saturated rings. The van der Waals surface area contributed by atoms with E-state index in [1.54, 1.807) is 7.11 Å². The topological polar surface area (TPSA) is 30.8 Å². The van der Waals surface area contributed by atoms with Crippen molar-refractivity contribution in [2.45, 2.75) is 71.5 Å². The predicted molar refractivity (Wildman–Crippen MR) is 132 cm³/mol. The summed E-state index contributed by atoms with van der Waals surface area (Å²) in [6.45, 7) is 13.4. The van der Waals surface area contributed by atoms with Gasteiger partial charge < -0.3 is 9.47 Å². The van der Waals surface area contributed by atoms with Crippen molar-refractivity contribution in [3.05, 3.63) is 59.2 Å². The molecule has 3 nitrogen and oxygen atoms in total. The summed E-state index contributed by atoms with van der Waals surface area (Å²) in [5.74, 6) is 0.936. The highest BCUT2D eigenvalue weighted by atomic mass is 31.1. The van der Waals surface area contributed by atoms with Crippen molar-refractivity contribution in [1.29, 1.82) is 0 Å². The maximum Gasteiger partial charge on any atom is 0.188 e. The molecule has 0 heterocycles. The number of hydrogen-bond donors (Lipinski definition) is 0. The Balaban J connectivity index is 2.55. The second-order valence-electron chi connectivity index (χ2n) is 8.88. The van der Waals surface area contributed by atoms with E-state index in [0.29, 0.717) is 8.58 Å². The number of aliphatic imine (C=N–C) groups is 1. The number of aryl methyl sites for hydroxylation is 1. The van der Waals surface area contributed by atoms with Crippen LogP contribution in [-0.2, 0) is 9.89 Å². The van der Waals surface area contributed by atoms with Crippen molar-refractivity contribution in [3.8, 4) is 5.75 Å². The zero-order chi connectivity index (χ0) is 22.2. The van der Waals surface area contributed by atoms with E-state index in [1.807, 2.05) is 6.21 Å². The lowest BCUT2D eigenvalue weighted by Gasteiger charge is -2.35. The van der Waals surface area contributed by atoms with Crippen LogP contribution in [-0.4, -0.2) is 25.7 Å². The van der Waals surface area contributed by atoms with E-state index >= 15 is 0 Å². The van der Waals surface area contributed by atoms with Gasteiger partial charge in [-0.2, -0.15) is 0 Å². The third-order valence-corrected chi connectivity index (χ3v) is 7.27. The summed E-state index contributed by atoms with van der Waals surface area (Å²) in [5.41, 5.74) is 3.69. The van der Waals surface area contributed by atoms with Gasteiger partial charge in [0, 0.05) is 24.0 Å². The van der Waals surface area contributed by atoms with Crippen LogP contribution in [0.2, 0.25) is 0 Å². The first kappa shape index (κ1) is 24.6. The van der Waals surface area contributed by atoms with Crippen LogP contribution in [0, 0.1) is 6.92 Å². The van der Waals surface area contributed by atoms with Crippen LogP contribution in [0.5, 0.6) is 5.75 Å². The third-order valence-electron chi connectivity index (χ3n) is 5.19. The molecule has 164 valence electrons. The number of rotatable bonds is 10. The van der Waals surface area contributed by atoms with E-state index in [2.05, 4.69) is 84.0 Å². The average molecular weight is 428 g/mol. The van der Waals surface area contributed by atoms with E-state index in [1.165, 1.54) is 22.0 Å². The van der Waals surface area contributed by atoms with Crippen LogP contribution in [0.3, 0.4) is 0 Å². The van der Waals surface area contributed by atoms with E-state index in [-0.39, 0.29) is 17.5 Å². The molecule has 30 heavy (non-hydrogen) atoms. The Hall–Kier alpha value is -1.70. The molecule has 0 radical (unpaired) electrons. The Morgan fingerprint density at radius 3 is 2.43 bits per heavy atom. The zero-order valence-electron chi connectivity index (χ0n) is 19.7. The number of benzene rings is 2. The van der Waals surface area contributed by atoms with Crippen molar-refractivity contribution < 1.29 is 9.47 Å². The normalized spacial score (nSPS) is 14.5. The summed E-state index contributed by atoms with van der Waals surface area (Å²) in [5, 5.41) is 1.38. The third kappa shape index (κ3) is 6.65. The van der Waals surface area contributed by atoms with Crippen LogP contribution in [0.25, 0.3) is 0 Å². The van der Waals surface area contributed by atoms with Crippen molar-refractivity contribution >= 4 is 20.1 Å². The standard InChI is InChI=1S/C26H38NO2P/c1-8-16-26(9-2,22-17-20(3)14-15-23(22)29-19-28-7)30-24-13-11-10-12-21(24)18-27-25(4,5)6/h10-15,17-18,30H,8-9,16,19H2,1-7H3/b27-18+. The van der Waals surface area contributed by atoms with Gasteiger partial charge in [0.25, 0.3) is 0 Å². The van der Waals surface area contributed by atoms with Gasteiger partial charge in [0.05, 0.1) is 5.54 Å². The van der Waals surface area contributed by atoms with Gasteiger partial charge in [-0.3, -0.25) is 4.99 Å². The Bertz CT molecular complexity index is 841. The quantitative estimate of drug-likeness (QED) is 0.243. The largest absolute Gasteiger partial charge is 0.467 e. The molecule has 0 aliphatic carbocycles. The fourth-order valence-corrected chi connectivity index (χ4v) is 5.53. The highest BCUT2D eigenvalue weighted by Gasteiger charge is 2.33. The Morgan fingerprint density at radius 2 is 1.80 bits per heavy atom. The van der Waals surface area contributed by atoms with Crippen LogP contribution in [0.1, 0.15) is 70.6 Å². The lowest BCUT2D eigenvalue weighted by Crippen LogP contribution is -2.25. The molecule has 0 aromatic heterocycles. The SMILES string of the molecule is CCCC(CC)(Pc1ccccc1/C=N/C(C)(C)C)c1cc(C)ccc1OCOC. The highest BCUT2D eigenvalue weighted by molar-refractivity contribution is 7.48. The van der Waals surface area contributed by atoms with Gasteiger partial charge in [-0.05, 0) is 57.5 Å². The summed E-state index contributed by atoms with van der Waals surface area (Å²) in [6, 6.07) is 15.2. The summed E-state index contributed by atoms with van der Waals surface area (Å²) >= 11 is 0. The molecule has 0 amide bonds. The lowest BCUT2D eigenvalue weighted by atomic mass is 9.89. The zero-order valence-corrected chi connectivity index (χ0v) is 20.7. The number of nitrogens with zero attached hydrogens (tertiary/aromatic N) is 1. The molecular formula is C26H38NO2P. The summed E-state index contributed by atoms with van der Waals surface area (Å²) < 4.78 is 11.2. The lowest BCUT2D eigenvalue weighted by molar-refractivity contribution is 0.0499. The maximum atomic E-state index is 6.01. The van der Waals surface area contributed by atoms with Crippen LogP contribution >= 0.6 is 8.58 Å². The fraction of sp³-hybridized carbons (Fsp3) is 0.500. The first-order valence-corrected chi connectivity index (χ1v) is 11.9. The number of methoxy groups -OCH3 is 1. The van der Waals surface area contributed by atoms with E-state index in [0.717, 1.165) is 25.0 Å². The van der Waals surface area contributed by atoms with Crippen molar-refractivity contribution in [3.63, 3.8) is 0 Å². The molecule has 0 aliphatic rings. The molecule has 0 saturated carbocycles. The van der Waals surface area contributed by atoms with E-state index in [9.17, 15) is 0 Å². The molecule has 2 aromatic rings. The molecule has 0 aliphatic heterocycles. The van der Waals surface area contributed by atoms with Crippen molar-refractivity contribution in [2.24, 2.45) is 4.99 Å². The Kier molecular flexibility index (Phi) is 9.07. The second-order valence-corrected chi connectivity index (χ2v) is 10.6. The van der Waals surface area contributed by atoms with Gasteiger partial charge in [0.15, 0.2) is 6.79 Å². The van der Waals surface area contributed by atoms with E-state index < -0.39 is 0 Å². The Morgan fingerprint density at radius 1 is 1.07 bits per heavy atom. The van der Waals surface area contributed by atoms with Crippen molar-refractivity contribution in [1.82, 2.24) is 0 Å². The molecule has 4 heteroatoms. The predicted octanol–water partition coefficient (Wildman–Crippen LogP) is 6.60. The minimum Gasteiger partial charge on any atom is -0.467 e. The molecule has 0 N–H and O–H groups in total. The fourth-order valence-electron chi connectivity index (χ4n) is 3.66. The van der Waals surface area contributed by atoms with Gasteiger partial charge >= 0.3 is 0 Å². The Labute approximate surface area is 185 Å². The van der Waals surface area contributed by atoms with E-state index in [4.69, 9.17) is 14.5 Å². The average Bonchev–Trinajstić information content (AvgIpc) is 2.71. The minimum absolute atomic E-state index is 0.0233. The summed E-state index contributed by atoms with van der Waals surface area (Å²) in [4.78, 5) is 4.77. The summed E-state index contributed by atoms with van der Waals surface area (Å²) in [6.07, 6.45) is 5.33. The smallest absolute Gasteiger partial charge is 0.188 e. The van der Waals surface area contributed by atoms with Crippen molar-refractivity contribution in [2.75, 3.05) is 13.9 Å². The molecule has 0 bridgehead atoms. The molecular weight excluding hydrogens is 389 g/mol. The minimum atomic E-state index is -0.0841. The van der Waals surface area contributed by atoms with Gasteiger partial charge in [-0.1, -0.05) is 70.8 Å². The molecule has 0 saturated heterocycles. The van der Waals surface area contributed by atoms with Gasteiger partial charge in [-0.15, -0.1) is 0 Å². The monoisotopic (exact) mass is 427 g/mol. The van der Waals surface area contributed by atoms with Crippen LogP contribution < -0.4 is 10.0 Å². The highest BCUT2D eigenvalue weighted by Crippen LogP contribution is 2.51.